The number of aliphatic hydroxyl groups is 1. The normalized spacial score (nSPS) is 23.2. The number of aliphatic hydroxyl groups excluding tert-OH is 1. The van der Waals surface area contributed by atoms with Crippen LogP contribution in [-0.4, -0.2) is 62.7 Å². The van der Waals surface area contributed by atoms with Crippen LogP contribution in [0.3, 0.4) is 0 Å². The van der Waals surface area contributed by atoms with Crippen LogP contribution < -0.4 is 5.32 Å². The quantitative estimate of drug-likeness (QED) is 0.221. The summed E-state index contributed by atoms with van der Waals surface area (Å²) in [6, 6.07) is 22.8. The average molecular weight is 653 g/mol. The van der Waals surface area contributed by atoms with Crippen LogP contribution in [0.4, 0.5) is 0 Å². The maximum absolute atomic E-state index is 13.1. The van der Waals surface area contributed by atoms with E-state index >= 15 is 0 Å². The highest BCUT2D eigenvalue weighted by Crippen LogP contribution is 2.42. The van der Waals surface area contributed by atoms with Crippen molar-refractivity contribution in [2.45, 2.75) is 83.8 Å². The van der Waals surface area contributed by atoms with Gasteiger partial charge in [0, 0.05) is 24.6 Å². The molecule has 1 aromatic heterocycles. The van der Waals surface area contributed by atoms with E-state index in [1.54, 1.807) is 0 Å². The Labute approximate surface area is 281 Å². The first-order valence-corrected chi connectivity index (χ1v) is 16.6. The summed E-state index contributed by atoms with van der Waals surface area (Å²) in [5.74, 6) is -0.508. The summed E-state index contributed by atoms with van der Waals surface area (Å²) in [7, 11) is 0. The van der Waals surface area contributed by atoms with Gasteiger partial charge in [0.2, 0.25) is 0 Å². The van der Waals surface area contributed by atoms with Crippen molar-refractivity contribution in [3.63, 3.8) is 0 Å². The van der Waals surface area contributed by atoms with Crippen LogP contribution in [0.25, 0.3) is 11.0 Å². The molecule has 2 saturated heterocycles. The minimum absolute atomic E-state index is 0.0196. The highest BCUT2D eigenvalue weighted by Gasteiger charge is 2.42. The molecular formula is C38H44N4O6. The Morgan fingerprint density at radius 2 is 1.65 bits per heavy atom. The van der Waals surface area contributed by atoms with Gasteiger partial charge in [0.1, 0.15) is 17.3 Å². The maximum Gasteiger partial charge on any atom is 0.323 e. The summed E-state index contributed by atoms with van der Waals surface area (Å²) >= 11 is 0. The van der Waals surface area contributed by atoms with E-state index in [1.165, 1.54) is 6.20 Å². The number of fused-ring (bicyclic) bond motifs is 1. The minimum Gasteiger partial charge on any atom is -0.459 e. The van der Waals surface area contributed by atoms with Gasteiger partial charge in [-0.1, -0.05) is 67.6 Å². The largest absolute Gasteiger partial charge is 0.459 e. The van der Waals surface area contributed by atoms with Gasteiger partial charge in [-0.2, -0.15) is 0 Å². The molecule has 0 aliphatic carbocycles. The molecule has 0 radical (unpaired) electrons. The zero-order chi connectivity index (χ0) is 33.8. The Kier molecular flexibility index (Phi) is 10.2. The number of aromatic nitrogens is 2. The van der Waals surface area contributed by atoms with E-state index in [4.69, 9.17) is 14.2 Å². The molecule has 10 nitrogen and oxygen atoms in total. The lowest BCUT2D eigenvalue weighted by Crippen LogP contribution is -2.48. The Hall–Kier alpha value is -4.22. The fourth-order valence-electron chi connectivity index (χ4n) is 6.37. The van der Waals surface area contributed by atoms with E-state index in [0.717, 1.165) is 47.2 Å². The Morgan fingerprint density at radius 1 is 0.958 bits per heavy atom. The third kappa shape index (κ3) is 7.90. The SMILES string of the molecule is C[C@H]1[C@@H](CN2CCC[C@H]2C(=O)OC(C)(C)C)O[C@@H](c2ccc(CNC(=O)c3cnc4ccccc4n3)cc2)O[C@H]1c1ccc(CO)cc1. The van der Waals surface area contributed by atoms with Gasteiger partial charge in [-0.25, -0.2) is 4.98 Å². The van der Waals surface area contributed by atoms with E-state index in [9.17, 15) is 14.7 Å². The Bertz CT molecular complexity index is 1720. The Morgan fingerprint density at radius 3 is 2.35 bits per heavy atom. The van der Waals surface area contributed by atoms with Crippen LogP contribution in [0, 0.1) is 5.92 Å². The standard InChI is InChI=1S/C38H44N4O6/c1-24-33(22-42-19-7-10-32(42)36(45)48-38(2,3)4)46-37(47-34(24)27-15-13-26(23-43)14-16-27)28-17-11-25(12-18-28)20-40-35(44)31-21-39-29-8-5-6-9-30(29)41-31/h5-6,8-9,11-18,21,24,32-34,37,43H,7,10,19-20,22-23H2,1-4H3,(H,40,44)/t24-,32-,33+,34+,37+/m0/s1. The number of likely N-dealkylation sites (tertiary alicyclic amines) is 1. The van der Waals surface area contributed by atoms with Gasteiger partial charge >= 0.3 is 5.97 Å². The predicted octanol–water partition coefficient (Wildman–Crippen LogP) is 5.65. The second-order valence-corrected chi connectivity index (χ2v) is 13.7. The number of para-hydroxylation sites is 2. The first-order valence-electron chi connectivity index (χ1n) is 16.6. The number of amides is 1. The van der Waals surface area contributed by atoms with Gasteiger partial charge in [0.15, 0.2) is 6.29 Å². The van der Waals surface area contributed by atoms with Gasteiger partial charge in [0.05, 0.1) is 36.0 Å². The fraction of sp³-hybridized carbons (Fsp3) is 0.421. The minimum atomic E-state index is -0.646. The molecule has 6 rings (SSSR count). The summed E-state index contributed by atoms with van der Waals surface area (Å²) < 4.78 is 19.1. The molecule has 3 aromatic carbocycles. The smallest absolute Gasteiger partial charge is 0.323 e. The molecule has 10 heteroatoms. The third-order valence-electron chi connectivity index (χ3n) is 8.97. The average Bonchev–Trinajstić information content (AvgIpc) is 3.56. The van der Waals surface area contributed by atoms with Crippen molar-refractivity contribution in [3.05, 3.63) is 107 Å². The number of ether oxygens (including phenoxy) is 3. The molecule has 0 spiro atoms. The van der Waals surface area contributed by atoms with Crippen LogP contribution in [-0.2, 0) is 32.2 Å². The first-order chi connectivity index (χ1) is 23.1. The zero-order valence-corrected chi connectivity index (χ0v) is 28.0. The topological polar surface area (TPSA) is 123 Å². The number of esters is 1. The zero-order valence-electron chi connectivity index (χ0n) is 28.0. The van der Waals surface area contributed by atoms with Crippen molar-refractivity contribution >= 4 is 22.9 Å². The third-order valence-corrected chi connectivity index (χ3v) is 8.97. The Balaban J connectivity index is 1.17. The molecule has 3 heterocycles. The molecular weight excluding hydrogens is 608 g/mol. The van der Waals surface area contributed by atoms with Gasteiger partial charge in [0.25, 0.3) is 5.91 Å². The van der Waals surface area contributed by atoms with Gasteiger partial charge < -0.3 is 24.6 Å². The predicted molar refractivity (Wildman–Crippen MR) is 181 cm³/mol. The number of nitrogens with one attached hydrogen (secondary N) is 1. The number of carbonyl (C=O) groups is 2. The number of rotatable bonds is 9. The van der Waals surface area contributed by atoms with E-state index < -0.39 is 11.9 Å². The molecule has 0 saturated carbocycles. The summed E-state index contributed by atoms with van der Waals surface area (Å²) in [6.45, 7) is 9.45. The number of benzene rings is 3. The number of carbonyl (C=O) groups excluding carboxylic acids is 2. The van der Waals surface area contributed by atoms with Gasteiger partial charge in [-0.3, -0.25) is 19.5 Å². The van der Waals surface area contributed by atoms with E-state index in [2.05, 4.69) is 27.1 Å². The van der Waals surface area contributed by atoms with Crippen molar-refractivity contribution in [1.82, 2.24) is 20.2 Å². The molecule has 0 unspecified atom stereocenters. The second kappa shape index (κ2) is 14.5. The van der Waals surface area contributed by atoms with Crippen molar-refractivity contribution in [2.75, 3.05) is 13.1 Å². The van der Waals surface area contributed by atoms with Crippen molar-refractivity contribution in [2.24, 2.45) is 5.92 Å². The van der Waals surface area contributed by atoms with Crippen LogP contribution in [0.1, 0.15) is 85.7 Å². The summed E-state index contributed by atoms with van der Waals surface area (Å²) in [4.78, 5) is 36.9. The molecule has 2 aliphatic heterocycles. The van der Waals surface area contributed by atoms with Gasteiger partial charge in [-0.05, 0) is 69.0 Å². The number of nitrogens with zero attached hydrogens (tertiary/aromatic N) is 3. The second-order valence-electron chi connectivity index (χ2n) is 13.7. The van der Waals surface area contributed by atoms with E-state index in [1.807, 2.05) is 93.6 Å². The van der Waals surface area contributed by atoms with Crippen molar-refractivity contribution in [3.8, 4) is 0 Å². The molecule has 5 atom stereocenters. The van der Waals surface area contributed by atoms with E-state index in [0.29, 0.717) is 18.6 Å². The van der Waals surface area contributed by atoms with Crippen molar-refractivity contribution in [1.29, 1.82) is 0 Å². The lowest BCUT2D eigenvalue weighted by Gasteiger charge is -2.43. The maximum atomic E-state index is 13.1. The van der Waals surface area contributed by atoms with Crippen molar-refractivity contribution < 1.29 is 28.9 Å². The fourth-order valence-corrected chi connectivity index (χ4v) is 6.37. The molecule has 48 heavy (non-hydrogen) atoms. The van der Waals surface area contributed by atoms with Crippen LogP contribution in [0.5, 0.6) is 0 Å². The highest BCUT2D eigenvalue weighted by atomic mass is 16.7. The lowest BCUT2D eigenvalue weighted by atomic mass is 9.90. The molecule has 0 bridgehead atoms. The lowest BCUT2D eigenvalue weighted by molar-refractivity contribution is -0.276. The van der Waals surface area contributed by atoms with E-state index in [-0.39, 0.29) is 48.3 Å². The van der Waals surface area contributed by atoms with Crippen LogP contribution in [0.15, 0.2) is 79.0 Å². The molecule has 4 aromatic rings. The molecule has 252 valence electrons. The van der Waals surface area contributed by atoms with Gasteiger partial charge in [-0.15, -0.1) is 0 Å². The van der Waals surface area contributed by atoms with Crippen LogP contribution in [0.2, 0.25) is 0 Å². The molecule has 1 amide bonds. The monoisotopic (exact) mass is 652 g/mol. The first kappa shape index (κ1) is 33.7. The van der Waals surface area contributed by atoms with Crippen LogP contribution >= 0.6 is 0 Å². The molecule has 2 fully saturated rings. The summed E-state index contributed by atoms with van der Waals surface area (Å²) in [5, 5.41) is 12.5. The molecule has 2 N–H and O–H groups in total. The number of hydrogen-bond donors (Lipinski definition) is 2. The highest BCUT2D eigenvalue weighted by molar-refractivity contribution is 5.93. The summed E-state index contributed by atoms with van der Waals surface area (Å²) in [5.41, 5.74) is 4.71. The number of hydrogen-bond acceptors (Lipinski definition) is 9. The summed E-state index contributed by atoms with van der Waals surface area (Å²) in [6.07, 6.45) is 2.02. The molecule has 2 aliphatic rings.